The second-order valence-corrected chi connectivity index (χ2v) is 6.44. The highest BCUT2D eigenvalue weighted by molar-refractivity contribution is 8.01. The summed E-state index contributed by atoms with van der Waals surface area (Å²) < 4.78 is 0.837. The zero-order chi connectivity index (χ0) is 13.8. The lowest BCUT2D eigenvalue weighted by molar-refractivity contribution is -0.122. The molecule has 0 aliphatic heterocycles. The number of anilines is 1. The minimum Gasteiger partial charge on any atom is -0.368 e. The molecule has 0 aliphatic carbocycles. The molecule has 0 saturated heterocycles. The number of carbonyl (C=O) groups excluding carboxylic acids is 1. The van der Waals surface area contributed by atoms with Crippen molar-refractivity contribution in [2.45, 2.75) is 23.7 Å². The molecule has 6 nitrogen and oxygen atoms in total. The van der Waals surface area contributed by atoms with Crippen molar-refractivity contribution < 1.29 is 4.79 Å². The first-order valence-corrected chi connectivity index (χ1v) is 7.38. The Kier molecular flexibility index (Phi) is 5.36. The molecule has 0 spiro atoms. The van der Waals surface area contributed by atoms with E-state index in [0.29, 0.717) is 12.3 Å². The third-order valence-electron chi connectivity index (χ3n) is 2.37. The quantitative estimate of drug-likeness (QED) is 0.713. The topological polar surface area (TPSA) is 84.1 Å². The molecule has 18 heavy (non-hydrogen) atoms. The first-order chi connectivity index (χ1) is 8.39. The minimum atomic E-state index is -0.719. The van der Waals surface area contributed by atoms with Crippen molar-refractivity contribution in [3.05, 3.63) is 0 Å². The van der Waals surface area contributed by atoms with Gasteiger partial charge in [-0.2, -0.15) is 0 Å². The number of aromatic nitrogens is 2. The van der Waals surface area contributed by atoms with E-state index in [4.69, 9.17) is 5.73 Å². The second-order valence-electron chi connectivity index (χ2n) is 4.26. The largest absolute Gasteiger partial charge is 0.368 e. The fourth-order valence-corrected chi connectivity index (χ4v) is 3.14. The molecule has 1 rings (SSSR count). The normalized spacial score (nSPS) is 14.2. The van der Waals surface area contributed by atoms with Crippen LogP contribution in [0.5, 0.6) is 0 Å². The molecule has 3 N–H and O–H groups in total. The summed E-state index contributed by atoms with van der Waals surface area (Å²) in [6.07, 6.45) is 0. The summed E-state index contributed by atoms with van der Waals surface area (Å²) in [5.74, 6) is 0.187. The maximum absolute atomic E-state index is 11.5. The highest BCUT2D eigenvalue weighted by atomic mass is 32.2. The first-order valence-electron chi connectivity index (χ1n) is 5.57. The number of hydrogen-bond acceptors (Lipinski definition) is 7. The van der Waals surface area contributed by atoms with Crippen LogP contribution >= 0.6 is 23.1 Å². The zero-order valence-corrected chi connectivity index (χ0v) is 12.7. The average Bonchev–Trinajstić information content (AvgIpc) is 2.75. The van der Waals surface area contributed by atoms with E-state index < -0.39 is 5.54 Å². The van der Waals surface area contributed by atoms with Gasteiger partial charge in [0.05, 0.1) is 0 Å². The summed E-state index contributed by atoms with van der Waals surface area (Å²) in [7, 11) is 3.84. The van der Waals surface area contributed by atoms with Gasteiger partial charge >= 0.3 is 0 Å². The Bertz CT molecular complexity index is 409. The van der Waals surface area contributed by atoms with E-state index in [0.717, 1.165) is 9.47 Å². The molecule has 8 heteroatoms. The van der Waals surface area contributed by atoms with Crippen LogP contribution in [-0.4, -0.2) is 48.0 Å². The number of nitrogens with one attached hydrogen (secondary N) is 1. The molecule has 1 heterocycles. The van der Waals surface area contributed by atoms with Gasteiger partial charge in [0.2, 0.25) is 11.0 Å². The zero-order valence-electron chi connectivity index (χ0n) is 11.1. The van der Waals surface area contributed by atoms with Gasteiger partial charge in [0.1, 0.15) is 5.54 Å². The molecule has 0 saturated carbocycles. The van der Waals surface area contributed by atoms with Crippen molar-refractivity contribution in [2.24, 2.45) is 5.73 Å². The third-order valence-corrected chi connectivity index (χ3v) is 4.91. The highest BCUT2D eigenvalue weighted by Crippen LogP contribution is 2.29. The highest BCUT2D eigenvalue weighted by Gasteiger charge is 2.30. The molecule has 1 amide bonds. The molecular formula is C10H19N5OS2. The number of rotatable bonds is 7. The maximum Gasteiger partial charge on any atom is 0.238 e. The summed E-state index contributed by atoms with van der Waals surface area (Å²) >= 11 is 2.99. The number of primary amides is 1. The molecule has 102 valence electrons. The number of carbonyl (C=O) groups is 1. The molecule has 1 aromatic heterocycles. The van der Waals surface area contributed by atoms with Crippen molar-refractivity contribution in [3.63, 3.8) is 0 Å². The van der Waals surface area contributed by atoms with Gasteiger partial charge in [-0.05, 0) is 13.5 Å². The fourth-order valence-electron chi connectivity index (χ4n) is 1.25. The molecule has 0 bridgehead atoms. The van der Waals surface area contributed by atoms with Crippen LogP contribution in [0.25, 0.3) is 0 Å². The SMILES string of the molecule is CCNC(C)(CSc1nnc(N(C)C)s1)C(N)=O. The van der Waals surface area contributed by atoms with Crippen LogP contribution in [-0.2, 0) is 4.79 Å². The first kappa shape index (κ1) is 15.2. The van der Waals surface area contributed by atoms with Crippen molar-refractivity contribution in [2.75, 3.05) is 31.3 Å². The Morgan fingerprint density at radius 2 is 2.22 bits per heavy atom. The van der Waals surface area contributed by atoms with Crippen LogP contribution in [0.4, 0.5) is 5.13 Å². The van der Waals surface area contributed by atoms with Gasteiger partial charge in [0.25, 0.3) is 0 Å². The fraction of sp³-hybridized carbons (Fsp3) is 0.700. The number of hydrogen-bond donors (Lipinski definition) is 2. The van der Waals surface area contributed by atoms with Crippen LogP contribution in [0.2, 0.25) is 0 Å². The number of nitrogens with two attached hydrogens (primary N) is 1. The molecule has 0 aromatic carbocycles. The lowest BCUT2D eigenvalue weighted by Gasteiger charge is -2.25. The van der Waals surface area contributed by atoms with Crippen LogP contribution in [0.3, 0.4) is 0 Å². The van der Waals surface area contributed by atoms with Gasteiger partial charge in [-0.1, -0.05) is 30.0 Å². The Morgan fingerprint density at radius 3 is 2.67 bits per heavy atom. The van der Waals surface area contributed by atoms with E-state index in [1.807, 2.05) is 25.9 Å². The molecule has 1 unspecified atom stereocenters. The summed E-state index contributed by atoms with van der Waals surface area (Å²) in [6, 6.07) is 0. The van der Waals surface area contributed by atoms with Crippen molar-refractivity contribution in [1.82, 2.24) is 15.5 Å². The monoisotopic (exact) mass is 289 g/mol. The molecule has 1 atom stereocenters. The van der Waals surface area contributed by atoms with Crippen molar-refractivity contribution in [3.8, 4) is 0 Å². The number of nitrogens with zero attached hydrogens (tertiary/aromatic N) is 3. The van der Waals surface area contributed by atoms with Gasteiger partial charge < -0.3 is 16.0 Å². The minimum absolute atomic E-state index is 0.353. The van der Waals surface area contributed by atoms with Crippen LogP contribution in [0, 0.1) is 0 Å². The van der Waals surface area contributed by atoms with Gasteiger partial charge in [0, 0.05) is 19.8 Å². The van der Waals surface area contributed by atoms with Crippen molar-refractivity contribution >= 4 is 34.1 Å². The van der Waals surface area contributed by atoms with E-state index >= 15 is 0 Å². The van der Waals surface area contributed by atoms with Gasteiger partial charge in [0.15, 0.2) is 4.34 Å². The lowest BCUT2D eigenvalue weighted by atomic mass is 10.1. The third kappa shape index (κ3) is 3.82. The molecule has 0 aliphatic rings. The van der Waals surface area contributed by atoms with Crippen LogP contribution in [0.15, 0.2) is 4.34 Å². The molecule has 0 radical (unpaired) electrons. The summed E-state index contributed by atoms with van der Waals surface area (Å²) in [5.41, 5.74) is 4.70. The maximum atomic E-state index is 11.5. The second kappa shape index (κ2) is 6.35. The number of amides is 1. The van der Waals surface area contributed by atoms with Crippen LogP contribution in [0.1, 0.15) is 13.8 Å². The van der Waals surface area contributed by atoms with E-state index in [1.165, 1.54) is 23.1 Å². The standard InChI is InChI=1S/C10H19N5OS2/c1-5-12-10(2,7(11)16)6-17-9-14-13-8(18-9)15(3)4/h12H,5-6H2,1-4H3,(H2,11,16). The summed E-state index contributed by atoms with van der Waals surface area (Å²) in [5, 5.41) is 12.1. The summed E-state index contributed by atoms with van der Waals surface area (Å²) in [4.78, 5) is 13.4. The predicted octanol–water partition coefficient (Wildman–Crippen LogP) is 0.550. The average molecular weight is 289 g/mol. The summed E-state index contributed by atoms with van der Waals surface area (Å²) in [6.45, 7) is 4.44. The van der Waals surface area contributed by atoms with Crippen molar-refractivity contribution in [1.29, 1.82) is 0 Å². The van der Waals surface area contributed by atoms with E-state index in [2.05, 4.69) is 15.5 Å². The van der Waals surface area contributed by atoms with E-state index in [-0.39, 0.29) is 5.91 Å². The molecular weight excluding hydrogens is 270 g/mol. The predicted molar refractivity (Wildman–Crippen MR) is 76.2 cm³/mol. The Labute approximate surface area is 115 Å². The molecule has 0 fully saturated rings. The number of likely N-dealkylation sites (N-methyl/N-ethyl adjacent to an activating group) is 1. The Hall–Kier alpha value is -0.860. The van der Waals surface area contributed by atoms with Crippen LogP contribution < -0.4 is 16.0 Å². The van der Waals surface area contributed by atoms with Gasteiger partial charge in [-0.25, -0.2) is 0 Å². The molecule has 1 aromatic rings. The lowest BCUT2D eigenvalue weighted by Crippen LogP contribution is -2.55. The number of thioether (sulfide) groups is 1. The Balaban J connectivity index is 2.64. The van der Waals surface area contributed by atoms with Gasteiger partial charge in [-0.3, -0.25) is 4.79 Å². The van der Waals surface area contributed by atoms with E-state index in [9.17, 15) is 4.79 Å². The Morgan fingerprint density at radius 1 is 1.56 bits per heavy atom. The van der Waals surface area contributed by atoms with Gasteiger partial charge in [-0.15, -0.1) is 10.2 Å². The van der Waals surface area contributed by atoms with E-state index in [1.54, 1.807) is 6.92 Å². The smallest absolute Gasteiger partial charge is 0.238 e.